The Morgan fingerprint density at radius 1 is 1.33 bits per heavy atom. The Morgan fingerprint density at radius 2 is 2.13 bits per heavy atom. The van der Waals surface area contributed by atoms with Crippen LogP contribution in [0.2, 0.25) is 0 Å². The lowest BCUT2D eigenvalue weighted by atomic mass is 10.3. The summed E-state index contributed by atoms with van der Waals surface area (Å²) in [5.41, 5.74) is 7.43. The molecule has 78 valence electrons. The van der Waals surface area contributed by atoms with Crippen molar-refractivity contribution in [2.24, 2.45) is 5.73 Å². The molecule has 2 heterocycles. The van der Waals surface area contributed by atoms with Crippen LogP contribution in [0.5, 0.6) is 0 Å². The first-order chi connectivity index (χ1) is 7.33. The molecule has 0 saturated heterocycles. The van der Waals surface area contributed by atoms with Gasteiger partial charge in [0.2, 0.25) is 5.95 Å². The summed E-state index contributed by atoms with van der Waals surface area (Å²) < 4.78 is 1.78. The summed E-state index contributed by atoms with van der Waals surface area (Å²) in [6, 6.07) is 1.93. The van der Waals surface area contributed by atoms with Gasteiger partial charge in [-0.15, -0.1) is 0 Å². The SMILES string of the molecule is CCc1cc(CN)nc(-n2ccnc2)n1. The third kappa shape index (κ3) is 2.02. The Balaban J connectivity index is 2.47. The van der Waals surface area contributed by atoms with Crippen LogP contribution in [-0.4, -0.2) is 19.5 Å². The molecule has 0 amide bonds. The molecule has 5 heteroatoms. The molecule has 5 nitrogen and oxygen atoms in total. The van der Waals surface area contributed by atoms with Gasteiger partial charge >= 0.3 is 0 Å². The van der Waals surface area contributed by atoms with E-state index >= 15 is 0 Å². The van der Waals surface area contributed by atoms with Crippen LogP contribution in [0, 0.1) is 0 Å². The van der Waals surface area contributed by atoms with Crippen molar-refractivity contribution in [1.29, 1.82) is 0 Å². The highest BCUT2D eigenvalue weighted by atomic mass is 15.2. The van der Waals surface area contributed by atoms with E-state index in [-0.39, 0.29) is 0 Å². The van der Waals surface area contributed by atoms with Crippen molar-refractivity contribution in [3.05, 3.63) is 36.2 Å². The van der Waals surface area contributed by atoms with Gasteiger partial charge in [-0.05, 0) is 12.5 Å². The van der Waals surface area contributed by atoms with Gasteiger partial charge in [-0.3, -0.25) is 4.57 Å². The summed E-state index contributed by atoms with van der Waals surface area (Å²) in [7, 11) is 0. The summed E-state index contributed by atoms with van der Waals surface area (Å²) in [5.74, 6) is 0.632. The second-order valence-electron chi connectivity index (χ2n) is 3.18. The van der Waals surface area contributed by atoms with Gasteiger partial charge in [-0.2, -0.15) is 0 Å². The van der Waals surface area contributed by atoms with E-state index < -0.39 is 0 Å². The van der Waals surface area contributed by atoms with Crippen molar-refractivity contribution in [1.82, 2.24) is 19.5 Å². The Labute approximate surface area is 88.0 Å². The van der Waals surface area contributed by atoms with E-state index in [9.17, 15) is 0 Å². The largest absolute Gasteiger partial charge is 0.325 e. The molecule has 0 saturated carbocycles. The zero-order chi connectivity index (χ0) is 10.7. The van der Waals surface area contributed by atoms with Crippen LogP contribution >= 0.6 is 0 Å². The minimum atomic E-state index is 0.428. The minimum absolute atomic E-state index is 0.428. The van der Waals surface area contributed by atoms with Crippen LogP contribution in [0.3, 0.4) is 0 Å². The van der Waals surface area contributed by atoms with Gasteiger partial charge in [0, 0.05) is 24.6 Å². The molecule has 0 fully saturated rings. The molecule has 15 heavy (non-hydrogen) atoms. The Morgan fingerprint density at radius 3 is 2.73 bits per heavy atom. The molecule has 0 unspecified atom stereocenters. The number of hydrogen-bond donors (Lipinski definition) is 1. The second kappa shape index (κ2) is 4.18. The summed E-state index contributed by atoms with van der Waals surface area (Å²) in [6.45, 7) is 2.48. The molecule has 0 atom stereocenters. The normalized spacial score (nSPS) is 10.5. The first-order valence-corrected chi connectivity index (χ1v) is 4.88. The number of rotatable bonds is 3. The average molecular weight is 203 g/mol. The van der Waals surface area contributed by atoms with Crippen molar-refractivity contribution in [3.8, 4) is 5.95 Å². The zero-order valence-electron chi connectivity index (χ0n) is 8.59. The topological polar surface area (TPSA) is 69.6 Å². The van der Waals surface area contributed by atoms with Gasteiger partial charge in [-0.1, -0.05) is 6.92 Å². The van der Waals surface area contributed by atoms with Crippen LogP contribution in [0.4, 0.5) is 0 Å². The maximum atomic E-state index is 5.58. The average Bonchev–Trinajstić information content (AvgIpc) is 2.81. The molecule has 0 aliphatic heterocycles. The fraction of sp³-hybridized carbons (Fsp3) is 0.300. The first kappa shape index (κ1) is 9.79. The number of nitrogens with two attached hydrogens (primary N) is 1. The van der Waals surface area contributed by atoms with Gasteiger partial charge in [0.1, 0.15) is 6.33 Å². The maximum absolute atomic E-state index is 5.58. The minimum Gasteiger partial charge on any atom is -0.325 e. The Hall–Kier alpha value is -1.75. The highest BCUT2D eigenvalue weighted by Gasteiger charge is 2.03. The predicted molar refractivity (Wildman–Crippen MR) is 56.4 cm³/mol. The summed E-state index contributed by atoms with van der Waals surface area (Å²) in [6.07, 6.45) is 6.06. The lowest BCUT2D eigenvalue weighted by Crippen LogP contribution is -2.08. The molecule has 0 aliphatic carbocycles. The molecule has 2 N–H and O–H groups in total. The van der Waals surface area contributed by atoms with E-state index in [1.54, 1.807) is 17.1 Å². The molecule has 0 spiro atoms. The van der Waals surface area contributed by atoms with Crippen LogP contribution in [0.25, 0.3) is 5.95 Å². The van der Waals surface area contributed by atoms with Crippen molar-refractivity contribution in [2.75, 3.05) is 0 Å². The van der Waals surface area contributed by atoms with E-state index in [0.717, 1.165) is 17.8 Å². The van der Waals surface area contributed by atoms with Crippen molar-refractivity contribution in [2.45, 2.75) is 19.9 Å². The van der Waals surface area contributed by atoms with Crippen molar-refractivity contribution >= 4 is 0 Å². The number of hydrogen-bond acceptors (Lipinski definition) is 4. The standard InChI is InChI=1S/C10H13N5/c1-2-8-5-9(6-11)14-10(13-8)15-4-3-12-7-15/h3-5,7H,2,6,11H2,1H3. The lowest BCUT2D eigenvalue weighted by Gasteiger charge is -2.05. The van der Waals surface area contributed by atoms with Gasteiger partial charge in [0.15, 0.2) is 0 Å². The van der Waals surface area contributed by atoms with Gasteiger partial charge in [-0.25, -0.2) is 15.0 Å². The van der Waals surface area contributed by atoms with E-state index in [1.807, 2.05) is 12.3 Å². The monoisotopic (exact) mass is 203 g/mol. The fourth-order valence-corrected chi connectivity index (χ4v) is 1.32. The van der Waals surface area contributed by atoms with Gasteiger partial charge in [0.25, 0.3) is 0 Å². The molecule has 0 aliphatic rings. The molecule has 2 aromatic heterocycles. The van der Waals surface area contributed by atoms with Crippen LogP contribution in [-0.2, 0) is 13.0 Å². The van der Waals surface area contributed by atoms with Crippen molar-refractivity contribution < 1.29 is 0 Å². The zero-order valence-corrected chi connectivity index (χ0v) is 8.59. The van der Waals surface area contributed by atoms with Crippen LogP contribution in [0.1, 0.15) is 18.3 Å². The smallest absolute Gasteiger partial charge is 0.235 e. The summed E-state index contributed by atoms with van der Waals surface area (Å²) >= 11 is 0. The number of aromatic nitrogens is 4. The highest BCUT2D eigenvalue weighted by Crippen LogP contribution is 2.05. The third-order valence-corrected chi connectivity index (χ3v) is 2.13. The highest BCUT2D eigenvalue weighted by molar-refractivity contribution is 5.19. The Kier molecular flexibility index (Phi) is 2.73. The maximum Gasteiger partial charge on any atom is 0.235 e. The third-order valence-electron chi connectivity index (χ3n) is 2.13. The first-order valence-electron chi connectivity index (χ1n) is 4.88. The molecular formula is C10H13N5. The lowest BCUT2D eigenvalue weighted by molar-refractivity contribution is 0.844. The van der Waals surface area contributed by atoms with Crippen LogP contribution < -0.4 is 5.73 Å². The van der Waals surface area contributed by atoms with Crippen LogP contribution in [0.15, 0.2) is 24.8 Å². The quantitative estimate of drug-likeness (QED) is 0.796. The van der Waals surface area contributed by atoms with E-state index in [4.69, 9.17) is 5.73 Å². The van der Waals surface area contributed by atoms with Gasteiger partial charge < -0.3 is 5.73 Å². The predicted octanol–water partition coefficient (Wildman–Crippen LogP) is 0.683. The molecule has 2 aromatic rings. The number of nitrogens with zero attached hydrogens (tertiary/aromatic N) is 4. The molecule has 0 aromatic carbocycles. The molecule has 0 radical (unpaired) electrons. The molecular weight excluding hydrogens is 190 g/mol. The fourth-order valence-electron chi connectivity index (χ4n) is 1.32. The van der Waals surface area contributed by atoms with Crippen molar-refractivity contribution in [3.63, 3.8) is 0 Å². The number of imidazole rings is 1. The van der Waals surface area contributed by atoms with E-state index in [1.165, 1.54) is 0 Å². The van der Waals surface area contributed by atoms with E-state index in [0.29, 0.717) is 12.5 Å². The Bertz CT molecular complexity index is 413. The van der Waals surface area contributed by atoms with Gasteiger partial charge in [0.05, 0.1) is 5.69 Å². The van der Waals surface area contributed by atoms with E-state index in [2.05, 4.69) is 21.9 Å². The molecule has 0 bridgehead atoms. The number of aryl methyl sites for hydroxylation is 1. The second-order valence-corrected chi connectivity index (χ2v) is 3.18. The molecule has 2 rings (SSSR count). The summed E-state index contributed by atoms with van der Waals surface area (Å²) in [4.78, 5) is 12.7. The summed E-state index contributed by atoms with van der Waals surface area (Å²) in [5, 5.41) is 0.